The van der Waals surface area contributed by atoms with Crippen molar-refractivity contribution in [2.75, 3.05) is 30.4 Å². The van der Waals surface area contributed by atoms with Crippen molar-refractivity contribution in [1.82, 2.24) is 9.97 Å². The molecule has 1 aromatic heterocycles. The van der Waals surface area contributed by atoms with E-state index in [9.17, 15) is 0 Å². The van der Waals surface area contributed by atoms with E-state index in [2.05, 4.69) is 40.2 Å². The van der Waals surface area contributed by atoms with Crippen LogP contribution in [0.2, 0.25) is 0 Å². The molecular formula is C15H26N4. The molecule has 0 saturated heterocycles. The first kappa shape index (κ1) is 14.1. The molecule has 4 nitrogen and oxygen atoms in total. The Morgan fingerprint density at radius 1 is 1.26 bits per heavy atom. The molecule has 2 rings (SSSR count). The summed E-state index contributed by atoms with van der Waals surface area (Å²) in [6.45, 7) is 4.23. The standard InChI is InChI=1S/C15H26N4/c1-3-9-16-14-10-15(18-12-17-14)19(2)11-13-7-5-4-6-8-13/h10,12-13H,3-9,11H2,1-2H3,(H,16,17,18). The Bertz CT molecular complexity index is 374. The van der Waals surface area contributed by atoms with Crippen LogP contribution in [0.4, 0.5) is 11.6 Å². The van der Waals surface area contributed by atoms with Crippen molar-refractivity contribution >= 4 is 11.6 Å². The average molecular weight is 262 g/mol. The van der Waals surface area contributed by atoms with Crippen molar-refractivity contribution in [3.05, 3.63) is 12.4 Å². The van der Waals surface area contributed by atoms with Crippen molar-refractivity contribution < 1.29 is 0 Å². The number of aromatic nitrogens is 2. The molecule has 0 aliphatic heterocycles. The number of nitrogens with zero attached hydrogens (tertiary/aromatic N) is 3. The van der Waals surface area contributed by atoms with Crippen LogP contribution >= 0.6 is 0 Å². The van der Waals surface area contributed by atoms with Gasteiger partial charge in [-0.3, -0.25) is 0 Å². The summed E-state index contributed by atoms with van der Waals surface area (Å²) in [5, 5.41) is 3.32. The van der Waals surface area contributed by atoms with Gasteiger partial charge in [-0.25, -0.2) is 9.97 Å². The Kier molecular flexibility index (Phi) is 5.43. The Balaban J connectivity index is 1.91. The van der Waals surface area contributed by atoms with E-state index in [1.54, 1.807) is 6.33 Å². The predicted molar refractivity (Wildman–Crippen MR) is 80.7 cm³/mol. The lowest BCUT2D eigenvalue weighted by molar-refractivity contribution is 0.361. The van der Waals surface area contributed by atoms with E-state index in [1.165, 1.54) is 32.1 Å². The van der Waals surface area contributed by atoms with Gasteiger partial charge in [0.2, 0.25) is 0 Å². The average Bonchev–Trinajstić information content (AvgIpc) is 2.46. The maximum absolute atomic E-state index is 4.39. The van der Waals surface area contributed by atoms with Crippen molar-refractivity contribution in [1.29, 1.82) is 0 Å². The lowest BCUT2D eigenvalue weighted by Gasteiger charge is -2.27. The van der Waals surface area contributed by atoms with Crippen molar-refractivity contribution in [2.45, 2.75) is 45.4 Å². The van der Waals surface area contributed by atoms with E-state index in [0.717, 1.165) is 37.1 Å². The zero-order chi connectivity index (χ0) is 13.5. The highest BCUT2D eigenvalue weighted by molar-refractivity contribution is 5.47. The van der Waals surface area contributed by atoms with Crippen LogP contribution in [0.25, 0.3) is 0 Å². The molecular weight excluding hydrogens is 236 g/mol. The highest BCUT2D eigenvalue weighted by Crippen LogP contribution is 2.25. The van der Waals surface area contributed by atoms with Crippen molar-refractivity contribution in [3.63, 3.8) is 0 Å². The SMILES string of the molecule is CCCNc1cc(N(C)CC2CCCCC2)ncn1. The summed E-state index contributed by atoms with van der Waals surface area (Å²) in [7, 11) is 2.14. The fourth-order valence-corrected chi connectivity index (χ4v) is 2.76. The molecule has 106 valence electrons. The maximum atomic E-state index is 4.39. The minimum absolute atomic E-state index is 0.834. The molecule has 0 atom stereocenters. The molecule has 0 aromatic carbocycles. The monoisotopic (exact) mass is 262 g/mol. The number of anilines is 2. The normalized spacial score (nSPS) is 16.3. The van der Waals surface area contributed by atoms with Crippen LogP contribution in [-0.2, 0) is 0 Å². The first-order chi connectivity index (χ1) is 9.29. The number of rotatable bonds is 6. The van der Waals surface area contributed by atoms with Gasteiger partial charge in [-0.05, 0) is 25.2 Å². The van der Waals surface area contributed by atoms with Gasteiger partial charge in [-0.2, -0.15) is 0 Å². The quantitative estimate of drug-likeness (QED) is 0.854. The fraction of sp³-hybridized carbons (Fsp3) is 0.733. The van der Waals surface area contributed by atoms with E-state index in [-0.39, 0.29) is 0 Å². The lowest BCUT2D eigenvalue weighted by Crippen LogP contribution is -2.27. The van der Waals surface area contributed by atoms with E-state index in [0.29, 0.717) is 0 Å². The molecule has 1 heterocycles. The molecule has 0 amide bonds. The van der Waals surface area contributed by atoms with Gasteiger partial charge in [0, 0.05) is 26.2 Å². The first-order valence-electron chi connectivity index (χ1n) is 7.56. The van der Waals surface area contributed by atoms with Crippen LogP contribution in [-0.4, -0.2) is 30.1 Å². The topological polar surface area (TPSA) is 41.0 Å². The van der Waals surface area contributed by atoms with Crippen molar-refractivity contribution in [3.8, 4) is 0 Å². The van der Waals surface area contributed by atoms with E-state index in [1.807, 2.05) is 0 Å². The second-order valence-corrected chi connectivity index (χ2v) is 5.57. The third-order valence-corrected chi connectivity index (χ3v) is 3.86. The third-order valence-electron chi connectivity index (χ3n) is 3.86. The lowest BCUT2D eigenvalue weighted by atomic mass is 9.89. The van der Waals surface area contributed by atoms with Gasteiger partial charge in [-0.1, -0.05) is 26.2 Å². The maximum Gasteiger partial charge on any atom is 0.133 e. The summed E-state index contributed by atoms with van der Waals surface area (Å²) in [5.74, 6) is 2.79. The predicted octanol–water partition coefficient (Wildman–Crippen LogP) is 3.32. The zero-order valence-corrected chi connectivity index (χ0v) is 12.2. The fourth-order valence-electron chi connectivity index (χ4n) is 2.76. The molecule has 0 unspecified atom stereocenters. The highest BCUT2D eigenvalue weighted by atomic mass is 15.2. The Morgan fingerprint density at radius 3 is 2.79 bits per heavy atom. The molecule has 1 aromatic rings. The summed E-state index contributed by atoms with van der Waals surface area (Å²) in [4.78, 5) is 10.9. The number of hydrogen-bond acceptors (Lipinski definition) is 4. The molecule has 1 aliphatic carbocycles. The van der Waals surface area contributed by atoms with Crippen LogP contribution in [0.1, 0.15) is 45.4 Å². The van der Waals surface area contributed by atoms with E-state index < -0.39 is 0 Å². The smallest absolute Gasteiger partial charge is 0.133 e. The summed E-state index contributed by atoms with van der Waals surface area (Å²) in [5.41, 5.74) is 0. The molecule has 1 N–H and O–H groups in total. The third kappa shape index (κ3) is 4.37. The second kappa shape index (κ2) is 7.31. The van der Waals surface area contributed by atoms with Gasteiger partial charge in [0.1, 0.15) is 18.0 Å². The summed E-state index contributed by atoms with van der Waals surface area (Å²) < 4.78 is 0. The largest absolute Gasteiger partial charge is 0.370 e. The molecule has 19 heavy (non-hydrogen) atoms. The van der Waals surface area contributed by atoms with Crippen molar-refractivity contribution in [2.24, 2.45) is 5.92 Å². The van der Waals surface area contributed by atoms with E-state index >= 15 is 0 Å². The number of hydrogen-bond donors (Lipinski definition) is 1. The summed E-state index contributed by atoms with van der Waals surface area (Å²) in [6, 6.07) is 2.05. The number of nitrogens with one attached hydrogen (secondary N) is 1. The molecule has 1 aliphatic rings. The van der Waals surface area contributed by atoms with Gasteiger partial charge in [0.15, 0.2) is 0 Å². The molecule has 1 saturated carbocycles. The van der Waals surface area contributed by atoms with Crippen LogP contribution in [0.15, 0.2) is 12.4 Å². The molecule has 0 radical (unpaired) electrons. The summed E-state index contributed by atoms with van der Waals surface area (Å²) >= 11 is 0. The Labute approximate surface area is 116 Å². The van der Waals surface area contributed by atoms with Gasteiger partial charge in [0.05, 0.1) is 0 Å². The minimum atomic E-state index is 0.834. The van der Waals surface area contributed by atoms with Crippen LogP contribution in [0.3, 0.4) is 0 Å². The zero-order valence-electron chi connectivity index (χ0n) is 12.2. The Morgan fingerprint density at radius 2 is 2.05 bits per heavy atom. The minimum Gasteiger partial charge on any atom is -0.370 e. The van der Waals surface area contributed by atoms with Gasteiger partial charge >= 0.3 is 0 Å². The van der Waals surface area contributed by atoms with Crippen LogP contribution in [0, 0.1) is 5.92 Å². The molecule has 4 heteroatoms. The molecule has 0 bridgehead atoms. The molecule has 0 spiro atoms. The van der Waals surface area contributed by atoms with Gasteiger partial charge in [0.25, 0.3) is 0 Å². The van der Waals surface area contributed by atoms with Crippen LogP contribution in [0.5, 0.6) is 0 Å². The van der Waals surface area contributed by atoms with Gasteiger partial charge < -0.3 is 10.2 Å². The van der Waals surface area contributed by atoms with Gasteiger partial charge in [-0.15, -0.1) is 0 Å². The van der Waals surface area contributed by atoms with Crippen LogP contribution < -0.4 is 10.2 Å². The summed E-state index contributed by atoms with van der Waals surface area (Å²) in [6.07, 6.45) is 9.71. The Hall–Kier alpha value is -1.32. The molecule has 1 fully saturated rings. The van der Waals surface area contributed by atoms with E-state index in [4.69, 9.17) is 0 Å². The first-order valence-corrected chi connectivity index (χ1v) is 7.56. The second-order valence-electron chi connectivity index (χ2n) is 5.57. The highest BCUT2D eigenvalue weighted by Gasteiger charge is 2.16.